The molecule has 5 nitrogen and oxygen atoms in total. The minimum Gasteiger partial charge on any atom is -0.325 e. The summed E-state index contributed by atoms with van der Waals surface area (Å²) in [6, 6.07) is 16.4. The van der Waals surface area contributed by atoms with E-state index in [1.165, 1.54) is 17.3 Å². The van der Waals surface area contributed by atoms with Gasteiger partial charge in [-0.2, -0.15) is 0 Å². The Bertz CT molecular complexity index is 953. The lowest BCUT2D eigenvalue weighted by Gasteiger charge is -2.13. The minimum atomic E-state index is -0.0188. The van der Waals surface area contributed by atoms with Gasteiger partial charge in [0.25, 0.3) is 0 Å². The number of carbonyl (C=O) groups excluding carboxylic acids is 1. The zero-order valence-electron chi connectivity index (χ0n) is 17.3. The third kappa shape index (κ3) is 5.48. The van der Waals surface area contributed by atoms with Gasteiger partial charge in [-0.25, -0.2) is 0 Å². The number of nitrogens with one attached hydrogen (secondary N) is 1. The molecule has 1 amide bonds. The van der Waals surface area contributed by atoms with Gasteiger partial charge in [0.1, 0.15) is 5.82 Å². The Hall–Kier alpha value is -2.60. The van der Waals surface area contributed by atoms with Crippen LogP contribution in [0.4, 0.5) is 5.69 Å². The summed E-state index contributed by atoms with van der Waals surface area (Å²) in [4.78, 5) is 12.6. The number of carbonyl (C=O) groups is 1. The molecule has 0 unspecified atom stereocenters. The molecule has 1 aromatic heterocycles. The lowest BCUT2D eigenvalue weighted by Crippen LogP contribution is -2.17. The zero-order valence-corrected chi connectivity index (χ0v) is 18.1. The molecule has 0 radical (unpaired) electrons. The Morgan fingerprint density at radius 3 is 2.59 bits per heavy atom. The highest BCUT2D eigenvalue weighted by Gasteiger charge is 2.15. The number of nitrogens with zero attached hydrogens (tertiary/aromatic N) is 3. The van der Waals surface area contributed by atoms with E-state index in [0.29, 0.717) is 5.75 Å². The van der Waals surface area contributed by atoms with Crippen molar-refractivity contribution >= 4 is 23.4 Å². The van der Waals surface area contributed by atoms with E-state index >= 15 is 0 Å². The molecule has 0 aliphatic carbocycles. The van der Waals surface area contributed by atoms with E-state index in [0.717, 1.165) is 53.6 Å². The van der Waals surface area contributed by atoms with E-state index in [1.54, 1.807) is 0 Å². The van der Waals surface area contributed by atoms with Crippen LogP contribution in [0.3, 0.4) is 0 Å². The van der Waals surface area contributed by atoms with E-state index in [-0.39, 0.29) is 5.91 Å². The number of thioether (sulfide) groups is 1. The maximum Gasteiger partial charge on any atom is 0.234 e. The van der Waals surface area contributed by atoms with Crippen molar-refractivity contribution in [2.75, 3.05) is 11.1 Å². The maximum atomic E-state index is 12.6. The number of aromatic nitrogens is 3. The lowest BCUT2D eigenvalue weighted by molar-refractivity contribution is -0.113. The van der Waals surface area contributed by atoms with Gasteiger partial charge < -0.3 is 9.88 Å². The minimum absolute atomic E-state index is 0.0188. The van der Waals surface area contributed by atoms with Gasteiger partial charge >= 0.3 is 0 Å². The molecule has 0 saturated heterocycles. The summed E-state index contributed by atoms with van der Waals surface area (Å²) in [5, 5.41) is 12.6. The molecule has 3 aromatic rings. The molecular weight excluding hydrogens is 380 g/mol. The van der Waals surface area contributed by atoms with Crippen LogP contribution >= 0.6 is 11.8 Å². The van der Waals surface area contributed by atoms with Crippen LogP contribution in [0.25, 0.3) is 0 Å². The van der Waals surface area contributed by atoms with Gasteiger partial charge in [-0.3, -0.25) is 4.79 Å². The van der Waals surface area contributed by atoms with Gasteiger partial charge in [0.2, 0.25) is 5.91 Å². The lowest BCUT2D eigenvalue weighted by atomic mass is 10.1. The second kappa shape index (κ2) is 10.3. The van der Waals surface area contributed by atoms with Crippen molar-refractivity contribution in [2.45, 2.75) is 51.7 Å². The third-order valence-electron chi connectivity index (χ3n) is 4.78. The Morgan fingerprint density at radius 1 is 1.07 bits per heavy atom. The van der Waals surface area contributed by atoms with E-state index < -0.39 is 0 Å². The van der Waals surface area contributed by atoms with Crippen molar-refractivity contribution in [1.29, 1.82) is 0 Å². The molecule has 0 saturated carbocycles. The Morgan fingerprint density at radius 2 is 1.86 bits per heavy atom. The first-order chi connectivity index (χ1) is 14.1. The largest absolute Gasteiger partial charge is 0.325 e. The predicted octanol–water partition coefficient (Wildman–Crippen LogP) is 4.88. The van der Waals surface area contributed by atoms with Crippen LogP contribution in [0.5, 0.6) is 0 Å². The summed E-state index contributed by atoms with van der Waals surface area (Å²) >= 11 is 1.44. The van der Waals surface area contributed by atoms with Gasteiger partial charge in [0.15, 0.2) is 5.16 Å². The van der Waals surface area contributed by atoms with Crippen molar-refractivity contribution in [3.05, 3.63) is 71.0 Å². The van der Waals surface area contributed by atoms with Gasteiger partial charge in [0, 0.05) is 18.7 Å². The first-order valence-corrected chi connectivity index (χ1v) is 11.1. The molecule has 0 fully saturated rings. The fourth-order valence-corrected chi connectivity index (χ4v) is 4.07. The summed E-state index contributed by atoms with van der Waals surface area (Å²) in [5.74, 6) is 1.23. The normalized spacial score (nSPS) is 10.9. The standard InChI is InChI=1S/C23H28N4OS/c1-4-14-27-20(15-18-11-7-6-8-12-18)25-26-23(27)29-16-21(28)24-22-17(3)10-9-13-19(22)5-2/h6-13H,4-5,14-16H2,1-3H3,(H,24,28). The van der Waals surface area contributed by atoms with Crippen LogP contribution in [-0.4, -0.2) is 26.4 Å². The fraction of sp³-hybridized carbons (Fsp3) is 0.348. The number of aryl methyl sites for hydroxylation is 2. The molecule has 1 N–H and O–H groups in total. The molecular formula is C23H28N4OS. The van der Waals surface area contributed by atoms with Crippen molar-refractivity contribution < 1.29 is 4.79 Å². The molecule has 6 heteroatoms. The predicted molar refractivity (Wildman–Crippen MR) is 119 cm³/mol. The molecule has 0 spiro atoms. The van der Waals surface area contributed by atoms with Crippen LogP contribution in [0.15, 0.2) is 53.7 Å². The molecule has 1 heterocycles. The summed E-state index contributed by atoms with van der Waals surface area (Å²) in [6.45, 7) is 7.10. The molecule has 0 aliphatic heterocycles. The number of benzene rings is 2. The van der Waals surface area contributed by atoms with Crippen LogP contribution in [0, 0.1) is 6.92 Å². The van der Waals surface area contributed by atoms with Crippen molar-refractivity contribution in [1.82, 2.24) is 14.8 Å². The fourth-order valence-electron chi connectivity index (χ4n) is 3.29. The van der Waals surface area contributed by atoms with Gasteiger partial charge in [-0.1, -0.05) is 74.1 Å². The Kier molecular flexibility index (Phi) is 7.47. The SMILES string of the molecule is CCCn1c(Cc2ccccc2)nnc1SCC(=O)Nc1c(C)cccc1CC. The number of hydrogen-bond donors (Lipinski definition) is 1. The topological polar surface area (TPSA) is 59.8 Å². The molecule has 29 heavy (non-hydrogen) atoms. The maximum absolute atomic E-state index is 12.6. The summed E-state index contributed by atoms with van der Waals surface area (Å²) in [5.41, 5.74) is 4.38. The second-order valence-corrected chi connectivity index (χ2v) is 7.95. The zero-order chi connectivity index (χ0) is 20.6. The summed E-state index contributed by atoms with van der Waals surface area (Å²) in [6.07, 6.45) is 2.62. The first-order valence-electron chi connectivity index (χ1n) is 10.1. The monoisotopic (exact) mass is 408 g/mol. The van der Waals surface area contributed by atoms with E-state index in [2.05, 4.69) is 52.1 Å². The molecule has 0 atom stereocenters. The van der Waals surface area contributed by atoms with Crippen molar-refractivity contribution in [2.24, 2.45) is 0 Å². The van der Waals surface area contributed by atoms with Crippen LogP contribution in [0.1, 0.15) is 42.8 Å². The van der Waals surface area contributed by atoms with Crippen molar-refractivity contribution in [3.63, 3.8) is 0 Å². The summed E-state index contributed by atoms with van der Waals surface area (Å²) in [7, 11) is 0. The molecule has 0 bridgehead atoms. The smallest absolute Gasteiger partial charge is 0.234 e. The van der Waals surface area contributed by atoms with E-state index in [9.17, 15) is 4.79 Å². The van der Waals surface area contributed by atoms with Gasteiger partial charge in [-0.15, -0.1) is 10.2 Å². The molecule has 0 aliphatic rings. The number of anilines is 1. The Balaban J connectivity index is 1.68. The van der Waals surface area contributed by atoms with E-state index in [1.807, 2.05) is 37.3 Å². The van der Waals surface area contributed by atoms with Gasteiger partial charge in [0.05, 0.1) is 5.75 Å². The molecule has 2 aromatic carbocycles. The molecule has 152 valence electrons. The van der Waals surface area contributed by atoms with Crippen molar-refractivity contribution in [3.8, 4) is 0 Å². The van der Waals surface area contributed by atoms with Crippen LogP contribution < -0.4 is 5.32 Å². The number of para-hydroxylation sites is 1. The second-order valence-electron chi connectivity index (χ2n) is 7.01. The van der Waals surface area contributed by atoms with Crippen LogP contribution in [0.2, 0.25) is 0 Å². The highest BCUT2D eigenvalue weighted by Crippen LogP contribution is 2.23. The summed E-state index contributed by atoms with van der Waals surface area (Å²) < 4.78 is 2.14. The number of amides is 1. The van der Waals surface area contributed by atoms with E-state index in [4.69, 9.17) is 0 Å². The highest BCUT2D eigenvalue weighted by atomic mass is 32.2. The average Bonchev–Trinajstić information content (AvgIpc) is 3.10. The first kappa shape index (κ1) is 21.1. The number of rotatable bonds is 9. The quantitative estimate of drug-likeness (QED) is 0.513. The molecule has 3 rings (SSSR count). The van der Waals surface area contributed by atoms with Crippen LogP contribution in [-0.2, 0) is 24.2 Å². The average molecular weight is 409 g/mol. The highest BCUT2D eigenvalue weighted by molar-refractivity contribution is 7.99. The Labute approximate surface area is 176 Å². The third-order valence-corrected chi connectivity index (χ3v) is 5.75. The van der Waals surface area contributed by atoms with Gasteiger partial charge in [-0.05, 0) is 36.5 Å². The number of hydrogen-bond acceptors (Lipinski definition) is 4.